The zero-order chi connectivity index (χ0) is 7.40. The molecule has 1 aliphatic rings. The van der Waals surface area contributed by atoms with Crippen molar-refractivity contribution in [2.75, 3.05) is 0 Å². The van der Waals surface area contributed by atoms with E-state index in [-0.39, 0.29) is 0 Å². The van der Waals surface area contributed by atoms with Gasteiger partial charge in [0, 0.05) is 0 Å². The van der Waals surface area contributed by atoms with Crippen LogP contribution in [0.1, 0.15) is 13.8 Å². The molecule has 0 spiro atoms. The van der Waals surface area contributed by atoms with Crippen LogP contribution in [-0.4, -0.2) is 0 Å². The molecule has 52 valence electrons. The summed E-state index contributed by atoms with van der Waals surface area (Å²) in [7, 11) is 0. The molecule has 0 unspecified atom stereocenters. The maximum atomic E-state index is 2.10. The summed E-state index contributed by atoms with van der Waals surface area (Å²) in [6.45, 7) is 4.19. The lowest BCUT2D eigenvalue weighted by molar-refractivity contribution is 1.46. The summed E-state index contributed by atoms with van der Waals surface area (Å²) in [6, 6.07) is 0. The normalized spacial score (nSPS) is 17.4. The highest BCUT2D eigenvalue weighted by molar-refractivity contribution is 5.33. The minimum atomic E-state index is 1.29. The van der Waals surface area contributed by atoms with Gasteiger partial charge in [0.05, 0.1) is 0 Å². The highest BCUT2D eigenvalue weighted by atomic mass is 13.9. The minimum absolute atomic E-state index is 1.29. The molecule has 0 heteroatoms. The molecule has 1 aliphatic carbocycles. The van der Waals surface area contributed by atoms with Crippen LogP contribution < -0.4 is 0 Å². The van der Waals surface area contributed by atoms with Crippen molar-refractivity contribution >= 4 is 0 Å². The molecule has 0 aromatic rings. The lowest BCUT2D eigenvalue weighted by Gasteiger charge is -1.92. The maximum absolute atomic E-state index is 2.10. The van der Waals surface area contributed by atoms with Crippen LogP contribution in [0.25, 0.3) is 0 Å². The third-order valence-electron chi connectivity index (χ3n) is 1.44. The van der Waals surface area contributed by atoms with Crippen molar-refractivity contribution in [3.63, 3.8) is 0 Å². The first-order valence-corrected chi connectivity index (χ1v) is 3.49. The van der Waals surface area contributed by atoms with Crippen molar-refractivity contribution in [2.45, 2.75) is 13.8 Å². The van der Waals surface area contributed by atoms with Crippen molar-refractivity contribution in [3.05, 3.63) is 47.6 Å². The molecule has 0 atom stereocenters. The smallest absolute Gasteiger partial charge is 0.0398 e. The van der Waals surface area contributed by atoms with Crippen molar-refractivity contribution < 1.29 is 0 Å². The van der Waals surface area contributed by atoms with Gasteiger partial charge in [0.25, 0.3) is 0 Å². The summed E-state index contributed by atoms with van der Waals surface area (Å²) in [4.78, 5) is 0. The molecule has 0 radical (unpaired) electrons. The van der Waals surface area contributed by atoms with Gasteiger partial charge in [-0.1, -0.05) is 47.6 Å². The van der Waals surface area contributed by atoms with E-state index in [1.54, 1.807) is 0 Å². The van der Waals surface area contributed by atoms with E-state index < -0.39 is 0 Å². The molecule has 0 aromatic carbocycles. The molecule has 0 amide bonds. The Morgan fingerprint density at radius 2 is 1.20 bits per heavy atom. The first kappa shape index (κ1) is 7.07. The highest BCUT2D eigenvalue weighted by Crippen LogP contribution is 2.03. The van der Waals surface area contributed by atoms with E-state index >= 15 is 0 Å². The summed E-state index contributed by atoms with van der Waals surface area (Å²) in [5.74, 6) is 0. The van der Waals surface area contributed by atoms with Gasteiger partial charge in [-0.05, 0) is 13.8 Å². The molecule has 1 rings (SSSR count). The van der Waals surface area contributed by atoms with Gasteiger partial charge in [-0.25, -0.2) is 0 Å². The van der Waals surface area contributed by atoms with Crippen LogP contribution >= 0.6 is 0 Å². The fourth-order valence-electron chi connectivity index (χ4n) is 0.814. The Morgan fingerprint density at radius 1 is 0.800 bits per heavy atom. The number of rotatable bonds is 0. The van der Waals surface area contributed by atoms with Gasteiger partial charge in [0.15, 0.2) is 0 Å². The zero-order valence-corrected chi connectivity index (χ0v) is 6.46. The Hall–Kier alpha value is -1.04. The van der Waals surface area contributed by atoms with Crippen LogP contribution in [-0.2, 0) is 0 Å². The molecule has 0 aliphatic heterocycles. The second-order valence-electron chi connectivity index (χ2n) is 2.54. The standard InChI is InChI=1S/C10H12/c1-9-5-3-7-10(2)8-4-6-9/h3-8H,1-2H3. The molecule has 0 fully saturated rings. The molecular formula is C10H12. The second-order valence-corrected chi connectivity index (χ2v) is 2.54. The number of allylic oxidation sites excluding steroid dienone is 8. The van der Waals surface area contributed by atoms with E-state index in [9.17, 15) is 0 Å². The average molecular weight is 132 g/mol. The van der Waals surface area contributed by atoms with E-state index in [1.807, 2.05) is 0 Å². The van der Waals surface area contributed by atoms with Gasteiger partial charge in [0.2, 0.25) is 0 Å². The van der Waals surface area contributed by atoms with Gasteiger partial charge in [-0.3, -0.25) is 0 Å². The third-order valence-corrected chi connectivity index (χ3v) is 1.44. The molecule has 0 bridgehead atoms. The van der Waals surface area contributed by atoms with Gasteiger partial charge in [-0.15, -0.1) is 0 Å². The summed E-state index contributed by atoms with van der Waals surface area (Å²) in [5.41, 5.74) is 2.58. The zero-order valence-electron chi connectivity index (χ0n) is 6.46. The quantitative estimate of drug-likeness (QED) is 0.475. The minimum Gasteiger partial charge on any atom is -0.0617 e. The maximum Gasteiger partial charge on any atom is -0.0398 e. The fraction of sp³-hybridized carbons (Fsp3) is 0.200. The molecule has 10 heavy (non-hydrogen) atoms. The molecule has 0 heterocycles. The largest absolute Gasteiger partial charge is 0.0617 e. The Morgan fingerprint density at radius 3 is 1.60 bits per heavy atom. The van der Waals surface area contributed by atoms with Crippen molar-refractivity contribution in [1.82, 2.24) is 0 Å². The van der Waals surface area contributed by atoms with Crippen LogP contribution in [0, 0.1) is 0 Å². The van der Waals surface area contributed by atoms with Crippen molar-refractivity contribution in [1.29, 1.82) is 0 Å². The molecule has 0 aromatic heterocycles. The monoisotopic (exact) mass is 132 g/mol. The van der Waals surface area contributed by atoms with E-state index in [4.69, 9.17) is 0 Å². The second kappa shape index (κ2) is 3.21. The molecule has 0 saturated carbocycles. The van der Waals surface area contributed by atoms with Crippen LogP contribution in [0.2, 0.25) is 0 Å². The molecular weight excluding hydrogens is 120 g/mol. The van der Waals surface area contributed by atoms with Crippen LogP contribution in [0.4, 0.5) is 0 Å². The lowest BCUT2D eigenvalue weighted by atomic mass is 10.1. The molecule has 0 N–H and O–H groups in total. The van der Waals surface area contributed by atoms with Crippen molar-refractivity contribution in [3.8, 4) is 0 Å². The Balaban J connectivity index is 2.84. The number of hydrogen-bond acceptors (Lipinski definition) is 0. The average Bonchev–Trinajstić information content (AvgIpc) is 1.84. The van der Waals surface area contributed by atoms with E-state index in [0.717, 1.165) is 0 Å². The van der Waals surface area contributed by atoms with Gasteiger partial charge < -0.3 is 0 Å². The van der Waals surface area contributed by atoms with Crippen LogP contribution in [0.5, 0.6) is 0 Å². The van der Waals surface area contributed by atoms with Gasteiger partial charge in [0.1, 0.15) is 0 Å². The Kier molecular flexibility index (Phi) is 2.27. The van der Waals surface area contributed by atoms with Crippen LogP contribution in [0.15, 0.2) is 47.6 Å². The SMILES string of the molecule is CC1=CC=CC(C)=CC=C1. The topological polar surface area (TPSA) is 0 Å². The number of hydrogen-bond donors (Lipinski definition) is 0. The molecule has 0 saturated heterocycles. The highest BCUT2D eigenvalue weighted by Gasteiger charge is 1.82. The van der Waals surface area contributed by atoms with Gasteiger partial charge in [-0.2, -0.15) is 0 Å². The summed E-state index contributed by atoms with van der Waals surface area (Å²) < 4.78 is 0. The summed E-state index contributed by atoms with van der Waals surface area (Å²) in [5, 5.41) is 0. The third kappa shape index (κ3) is 2.06. The fourth-order valence-corrected chi connectivity index (χ4v) is 0.814. The first-order chi connectivity index (χ1) is 4.79. The van der Waals surface area contributed by atoms with Crippen LogP contribution in [0.3, 0.4) is 0 Å². The van der Waals surface area contributed by atoms with Gasteiger partial charge >= 0.3 is 0 Å². The van der Waals surface area contributed by atoms with Crippen molar-refractivity contribution in [2.24, 2.45) is 0 Å². The predicted octanol–water partition coefficient (Wildman–Crippen LogP) is 3.01. The molecule has 0 nitrogen and oxygen atoms in total. The van der Waals surface area contributed by atoms with E-state index in [2.05, 4.69) is 50.3 Å². The predicted molar refractivity (Wildman–Crippen MR) is 45.8 cm³/mol. The first-order valence-electron chi connectivity index (χ1n) is 3.49. The summed E-state index contributed by atoms with van der Waals surface area (Å²) >= 11 is 0. The Bertz CT molecular complexity index is 198. The Labute approximate surface area is 62.3 Å². The summed E-state index contributed by atoms with van der Waals surface area (Å²) in [6.07, 6.45) is 12.6. The van der Waals surface area contributed by atoms with E-state index in [1.165, 1.54) is 11.1 Å². The lowest BCUT2D eigenvalue weighted by Crippen LogP contribution is -1.72. The van der Waals surface area contributed by atoms with E-state index in [0.29, 0.717) is 0 Å².